The maximum Gasteiger partial charge on any atom is 0.271 e. The monoisotopic (exact) mass is 458 g/mol. The maximum absolute atomic E-state index is 11.8. The number of halogens is 1. The van der Waals surface area contributed by atoms with E-state index in [1.165, 1.54) is 12.8 Å². The molecular weight excluding hydrogens is 440 g/mol. The summed E-state index contributed by atoms with van der Waals surface area (Å²) in [5.41, 5.74) is 3.84. The average Bonchev–Trinajstić information content (AvgIpc) is 3.46. The molecule has 3 heterocycles. The lowest BCUT2D eigenvalue weighted by atomic mass is 10.1. The maximum atomic E-state index is 11.8. The van der Waals surface area contributed by atoms with Gasteiger partial charge in [-0.2, -0.15) is 10.1 Å². The van der Waals surface area contributed by atoms with Gasteiger partial charge in [0, 0.05) is 40.0 Å². The lowest BCUT2D eigenvalue weighted by Gasteiger charge is -2.11. The second-order valence-corrected chi connectivity index (χ2v) is 8.42. The molecule has 1 aliphatic rings. The molecule has 5 N–H and O–H groups in total. The van der Waals surface area contributed by atoms with Crippen molar-refractivity contribution in [3.63, 3.8) is 0 Å². The van der Waals surface area contributed by atoms with Crippen LogP contribution in [0.3, 0.4) is 0 Å². The quantitative estimate of drug-likeness (QED) is 0.242. The Bertz CT molecular complexity index is 1530. The predicted molar refractivity (Wildman–Crippen MR) is 129 cm³/mol. The number of hydrogen-bond donors (Lipinski definition) is 5. The summed E-state index contributed by atoms with van der Waals surface area (Å²) in [5, 5.41) is 20.6. The molecule has 1 aliphatic carbocycles. The van der Waals surface area contributed by atoms with E-state index in [0.717, 1.165) is 16.9 Å². The molecule has 0 amide bonds. The van der Waals surface area contributed by atoms with Crippen molar-refractivity contribution in [2.24, 2.45) is 0 Å². The fraction of sp³-hybridized carbons (Fsp3) is 0.130. The van der Waals surface area contributed by atoms with Crippen LogP contribution in [0.25, 0.3) is 22.2 Å². The van der Waals surface area contributed by atoms with Crippen molar-refractivity contribution in [2.45, 2.75) is 18.8 Å². The molecule has 164 valence electrons. The van der Waals surface area contributed by atoms with Crippen LogP contribution in [-0.2, 0) is 0 Å². The largest absolute Gasteiger partial charge is 0.324 e. The Morgan fingerprint density at radius 1 is 0.939 bits per heavy atom. The number of aromatic nitrogens is 6. The number of anilines is 4. The molecule has 0 saturated heterocycles. The summed E-state index contributed by atoms with van der Waals surface area (Å²) < 4.78 is 0. The van der Waals surface area contributed by atoms with Gasteiger partial charge in [-0.05, 0) is 37.1 Å². The summed E-state index contributed by atoms with van der Waals surface area (Å²) in [6.07, 6.45) is 2.38. The van der Waals surface area contributed by atoms with Crippen LogP contribution in [0.15, 0.2) is 59.4 Å². The number of rotatable bonds is 6. The predicted octanol–water partition coefficient (Wildman–Crippen LogP) is 5.05. The van der Waals surface area contributed by atoms with Crippen LogP contribution in [0.4, 0.5) is 23.3 Å². The number of fused-ring (bicyclic) bond motifs is 1. The standard InChI is InChI=1S/C23H19ClN8O/c24-16-4-2-1-3-14(16)18-11-20(27-21-10-17(29-31-21)12-5-6-12)28-23(26-18)25-13-7-8-15-19(9-13)30-32-22(15)33/h1-4,7-12H,5-6H2,(H2,30,32,33)(H3,25,26,27,28,29,31). The SMILES string of the molecule is O=c1[nH][nH]c2cc(Nc3nc(Nc4cc(C5CC5)[nH]n4)cc(-c4ccccc4Cl)n3)ccc12. The summed E-state index contributed by atoms with van der Waals surface area (Å²) in [5.74, 6) is 2.22. The van der Waals surface area contributed by atoms with Crippen molar-refractivity contribution in [1.29, 1.82) is 0 Å². The summed E-state index contributed by atoms with van der Waals surface area (Å²) in [6, 6.07) is 16.7. The lowest BCUT2D eigenvalue weighted by Crippen LogP contribution is -2.03. The summed E-state index contributed by atoms with van der Waals surface area (Å²) in [6.45, 7) is 0. The van der Waals surface area contributed by atoms with Crippen molar-refractivity contribution in [3.05, 3.63) is 75.7 Å². The first-order valence-electron chi connectivity index (χ1n) is 10.6. The zero-order valence-corrected chi connectivity index (χ0v) is 18.1. The van der Waals surface area contributed by atoms with Crippen molar-refractivity contribution < 1.29 is 0 Å². The number of H-pyrrole nitrogens is 3. The Morgan fingerprint density at radius 3 is 2.67 bits per heavy atom. The smallest absolute Gasteiger partial charge is 0.271 e. The van der Waals surface area contributed by atoms with E-state index >= 15 is 0 Å². The third kappa shape index (κ3) is 3.94. The van der Waals surface area contributed by atoms with E-state index in [1.54, 1.807) is 12.1 Å². The molecule has 0 spiro atoms. The van der Waals surface area contributed by atoms with E-state index < -0.39 is 0 Å². The van der Waals surface area contributed by atoms with Gasteiger partial charge < -0.3 is 10.6 Å². The molecule has 33 heavy (non-hydrogen) atoms. The molecule has 1 saturated carbocycles. The highest BCUT2D eigenvalue weighted by molar-refractivity contribution is 6.33. The fourth-order valence-corrected chi connectivity index (χ4v) is 3.99. The highest BCUT2D eigenvalue weighted by Crippen LogP contribution is 2.39. The number of hydrogen-bond acceptors (Lipinski definition) is 6. The second-order valence-electron chi connectivity index (χ2n) is 8.01. The second kappa shape index (κ2) is 7.79. The fourth-order valence-electron chi connectivity index (χ4n) is 3.75. The Balaban J connectivity index is 1.37. The Hall–Kier alpha value is -4.11. The van der Waals surface area contributed by atoms with Gasteiger partial charge in [0.25, 0.3) is 5.56 Å². The van der Waals surface area contributed by atoms with Gasteiger partial charge in [0.1, 0.15) is 5.82 Å². The average molecular weight is 459 g/mol. The summed E-state index contributed by atoms with van der Waals surface area (Å²) >= 11 is 6.44. The lowest BCUT2D eigenvalue weighted by molar-refractivity contribution is 0.966. The Kier molecular flexibility index (Phi) is 4.62. The van der Waals surface area contributed by atoms with Gasteiger partial charge in [0.15, 0.2) is 5.82 Å². The van der Waals surface area contributed by atoms with Crippen LogP contribution in [0, 0.1) is 0 Å². The van der Waals surface area contributed by atoms with Gasteiger partial charge in [0.2, 0.25) is 5.95 Å². The van der Waals surface area contributed by atoms with E-state index in [0.29, 0.717) is 45.1 Å². The first-order valence-corrected chi connectivity index (χ1v) is 10.9. The third-order valence-corrected chi connectivity index (χ3v) is 5.91. The van der Waals surface area contributed by atoms with E-state index in [2.05, 4.69) is 41.0 Å². The van der Waals surface area contributed by atoms with E-state index in [4.69, 9.17) is 11.6 Å². The van der Waals surface area contributed by atoms with Gasteiger partial charge >= 0.3 is 0 Å². The molecule has 9 nitrogen and oxygen atoms in total. The topological polar surface area (TPSA) is 127 Å². The van der Waals surface area contributed by atoms with Gasteiger partial charge in [-0.25, -0.2) is 4.98 Å². The molecule has 0 bridgehead atoms. The minimum absolute atomic E-state index is 0.162. The van der Waals surface area contributed by atoms with Gasteiger partial charge in [-0.1, -0.05) is 29.8 Å². The molecule has 0 atom stereocenters. The number of aromatic amines is 3. The van der Waals surface area contributed by atoms with E-state index in [1.807, 2.05) is 42.5 Å². The molecule has 5 aromatic rings. The van der Waals surface area contributed by atoms with Crippen LogP contribution >= 0.6 is 11.6 Å². The number of benzene rings is 2. The highest BCUT2D eigenvalue weighted by atomic mass is 35.5. The number of nitrogens with one attached hydrogen (secondary N) is 5. The molecule has 1 fully saturated rings. The Labute approximate surface area is 192 Å². The Morgan fingerprint density at radius 2 is 1.82 bits per heavy atom. The molecular formula is C23H19ClN8O. The van der Waals surface area contributed by atoms with Crippen LogP contribution in [-0.4, -0.2) is 30.4 Å². The molecule has 2 aromatic carbocycles. The van der Waals surface area contributed by atoms with Crippen LogP contribution < -0.4 is 16.2 Å². The molecule has 10 heteroatoms. The minimum atomic E-state index is -0.162. The minimum Gasteiger partial charge on any atom is -0.324 e. The van der Waals surface area contributed by atoms with Crippen LogP contribution in [0.1, 0.15) is 24.5 Å². The van der Waals surface area contributed by atoms with Crippen molar-refractivity contribution in [3.8, 4) is 11.3 Å². The van der Waals surface area contributed by atoms with Crippen molar-refractivity contribution in [2.75, 3.05) is 10.6 Å². The first kappa shape index (κ1) is 19.6. The zero-order valence-electron chi connectivity index (χ0n) is 17.3. The van der Waals surface area contributed by atoms with Crippen molar-refractivity contribution in [1.82, 2.24) is 30.4 Å². The molecule has 0 aliphatic heterocycles. The summed E-state index contributed by atoms with van der Waals surface area (Å²) in [4.78, 5) is 21.1. The number of nitrogens with zero attached hydrogens (tertiary/aromatic N) is 3. The molecule has 6 rings (SSSR count). The first-order chi connectivity index (χ1) is 16.1. The molecule has 0 radical (unpaired) electrons. The van der Waals surface area contributed by atoms with Gasteiger partial charge in [-0.15, -0.1) is 0 Å². The van der Waals surface area contributed by atoms with E-state index in [-0.39, 0.29) is 5.56 Å². The van der Waals surface area contributed by atoms with Gasteiger partial charge in [-0.3, -0.25) is 20.1 Å². The highest BCUT2D eigenvalue weighted by Gasteiger charge is 2.25. The normalized spacial score (nSPS) is 13.4. The zero-order chi connectivity index (χ0) is 22.4. The van der Waals surface area contributed by atoms with Crippen LogP contribution in [0.5, 0.6) is 0 Å². The van der Waals surface area contributed by atoms with Crippen molar-refractivity contribution >= 4 is 45.8 Å². The third-order valence-electron chi connectivity index (χ3n) is 5.58. The molecule has 0 unspecified atom stereocenters. The van der Waals surface area contributed by atoms with E-state index in [9.17, 15) is 4.79 Å². The summed E-state index contributed by atoms with van der Waals surface area (Å²) in [7, 11) is 0. The molecule has 3 aromatic heterocycles. The van der Waals surface area contributed by atoms with Crippen LogP contribution in [0.2, 0.25) is 5.02 Å². The van der Waals surface area contributed by atoms with Gasteiger partial charge in [0.05, 0.1) is 16.6 Å².